The molecule has 0 unspecified atom stereocenters. The Morgan fingerprint density at radius 2 is 1.86 bits per heavy atom. The molecule has 37 heavy (non-hydrogen) atoms. The Morgan fingerprint density at radius 1 is 1.14 bits per heavy atom. The summed E-state index contributed by atoms with van der Waals surface area (Å²) in [6.07, 6.45) is 0.366. The number of anilines is 1. The monoisotopic (exact) mass is 508 g/mol. The predicted octanol–water partition coefficient (Wildman–Crippen LogP) is 3.92. The van der Waals surface area contributed by atoms with E-state index in [2.05, 4.69) is 36.4 Å². The number of nitrogens with two attached hydrogens (primary N) is 1. The van der Waals surface area contributed by atoms with Crippen LogP contribution in [0.25, 0.3) is 22.3 Å². The van der Waals surface area contributed by atoms with E-state index < -0.39 is 23.7 Å². The number of halogens is 4. The average molecular weight is 508 g/mol. The minimum atomic E-state index is -4.73. The zero-order valence-corrected chi connectivity index (χ0v) is 19.0. The SMILES string of the molecule is CC[C@H](c1cn(-c2ccccc2F)nn1)c1c(C#N)c(-c2cnc(C(F)(F)F)nc2)c2c(N)ncnn12. The zero-order valence-electron chi connectivity index (χ0n) is 19.0. The molecule has 4 heterocycles. The van der Waals surface area contributed by atoms with Crippen molar-refractivity contribution in [2.45, 2.75) is 25.4 Å². The van der Waals surface area contributed by atoms with Crippen LogP contribution < -0.4 is 5.73 Å². The second-order valence-electron chi connectivity index (χ2n) is 7.95. The van der Waals surface area contributed by atoms with Gasteiger partial charge in [0.25, 0.3) is 0 Å². The summed E-state index contributed by atoms with van der Waals surface area (Å²) in [5.74, 6) is -2.39. The smallest absolute Gasteiger partial charge is 0.382 e. The molecule has 0 amide bonds. The minimum absolute atomic E-state index is 0.00230. The Kier molecular flexibility index (Phi) is 5.75. The quantitative estimate of drug-likeness (QED) is 0.353. The molecule has 4 aromatic heterocycles. The lowest BCUT2D eigenvalue weighted by Gasteiger charge is -2.12. The maximum absolute atomic E-state index is 14.3. The molecule has 1 aromatic carbocycles. The molecule has 0 aliphatic rings. The summed E-state index contributed by atoms with van der Waals surface area (Å²) in [4.78, 5) is 10.8. The number of benzene rings is 1. The predicted molar refractivity (Wildman–Crippen MR) is 122 cm³/mol. The molecule has 1 atom stereocenters. The van der Waals surface area contributed by atoms with E-state index in [1.807, 2.05) is 6.92 Å². The Labute approximate surface area is 206 Å². The largest absolute Gasteiger partial charge is 0.451 e. The highest BCUT2D eigenvalue weighted by atomic mass is 19.4. The van der Waals surface area contributed by atoms with E-state index >= 15 is 0 Å². The molecule has 0 fully saturated rings. The van der Waals surface area contributed by atoms with Gasteiger partial charge >= 0.3 is 6.18 Å². The van der Waals surface area contributed by atoms with Gasteiger partial charge in [-0.2, -0.15) is 23.5 Å². The molecule has 0 bridgehead atoms. The number of hydrogen-bond acceptors (Lipinski definition) is 8. The number of rotatable bonds is 5. The minimum Gasteiger partial charge on any atom is -0.382 e. The maximum Gasteiger partial charge on any atom is 0.451 e. The van der Waals surface area contributed by atoms with Crippen molar-refractivity contribution in [3.8, 4) is 22.9 Å². The van der Waals surface area contributed by atoms with Gasteiger partial charge in [0, 0.05) is 29.4 Å². The van der Waals surface area contributed by atoms with E-state index in [0.29, 0.717) is 17.8 Å². The highest BCUT2D eigenvalue weighted by Gasteiger charge is 2.35. The number of nitrogens with zero attached hydrogens (tertiary/aromatic N) is 9. The fourth-order valence-electron chi connectivity index (χ4n) is 4.19. The van der Waals surface area contributed by atoms with Gasteiger partial charge in [-0.25, -0.2) is 28.5 Å². The Morgan fingerprint density at radius 3 is 2.51 bits per heavy atom. The normalized spacial score (nSPS) is 12.5. The summed E-state index contributed by atoms with van der Waals surface area (Å²) in [7, 11) is 0. The maximum atomic E-state index is 14.3. The second-order valence-corrected chi connectivity index (χ2v) is 7.95. The molecule has 0 radical (unpaired) electrons. The number of fused-ring (bicyclic) bond motifs is 1. The Balaban J connectivity index is 1.71. The molecular formula is C23H16F4N10. The molecule has 2 N–H and O–H groups in total. The molecule has 0 aliphatic heterocycles. The first-order chi connectivity index (χ1) is 17.7. The van der Waals surface area contributed by atoms with Crippen molar-refractivity contribution in [1.29, 1.82) is 5.26 Å². The van der Waals surface area contributed by atoms with Crippen LogP contribution in [0.1, 0.15) is 42.0 Å². The third-order valence-corrected chi connectivity index (χ3v) is 5.80. The molecule has 0 spiro atoms. The van der Waals surface area contributed by atoms with Crippen LogP contribution in [0, 0.1) is 17.1 Å². The Hall–Kier alpha value is -4.93. The van der Waals surface area contributed by atoms with Crippen molar-refractivity contribution in [1.82, 2.24) is 39.6 Å². The fraction of sp³-hybridized carbons (Fsp3) is 0.174. The van der Waals surface area contributed by atoms with Crippen LogP contribution in [-0.4, -0.2) is 39.6 Å². The van der Waals surface area contributed by atoms with Crippen molar-refractivity contribution in [3.63, 3.8) is 0 Å². The molecule has 0 saturated heterocycles. The highest BCUT2D eigenvalue weighted by molar-refractivity contribution is 5.92. The molecule has 5 aromatic rings. The van der Waals surface area contributed by atoms with E-state index in [0.717, 1.165) is 12.4 Å². The summed E-state index contributed by atoms with van der Waals surface area (Å²) in [6.45, 7) is 1.85. The van der Waals surface area contributed by atoms with E-state index in [4.69, 9.17) is 5.73 Å². The van der Waals surface area contributed by atoms with E-state index in [9.17, 15) is 22.8 Å². The van der Waals surface area contributed by atoms with Crippen LogP contribution in [0.5, 0.6) is 0 Å². The second kappa shape index (κ2) is 8.94. The summed E-state index contributed by atoms with van der Waals surface area (Å²) in [5.41, 5.74) is 7.70. The molecule has 10 nitrogen and oxygen atoms in total. The van der Waals surface area contributed by atoms with E-state index in [1.165, 1.54) is 21.6 Å². The van der Waals surface area contributed by atoms with Gasteiger partial charge in [-0.15, -0.1) is 5.10 Å². The van der Waals surface area contributed by atoms with Crippen LogP contribution in [0.15, 0.2) is 49.2 Å². The van der Waals surface area contributed by atoms with Crippen molar-refractivity contribution in [2.75, 3.05) is 5.73 Å². The summed E-state index contributed by atoms with van der Waals surface area (Å²) in [6, 6.07) is 8.16. The summed E-state index contributed by atoms with van der Waals surface area (Å²) in [5, 5.41) is 22.7. The van der Waals surface area contributed by atoms with Gasteiger partial charge < -0.3 is 5.73 Å². The van der Waals surface area contributed by atoms with Crippen molar-refractivity contribution < 1.29 is 17.6 Å². The average Bonchev–Trinajstić information content (AvgIpc) is 3.49. The number of alkyl halides is 3. The molecule has 186 valence electrons. The lowest BCUT2D eigenvalue weighted by Crippen LogP contribution is -2.10. The summed E-state index contributed by atoms with van der Waals surface area (Å²) >= 11 is 0. The molecule has 0 saturated carbocycles. The van der Waals surface area contributed by atoms with Gasteiger partial charge in [0.2, 0.25) is 5.82 Å². The topological polar surface area (TPSA) is 136 Å². The van der Waals surface area contributed by atoms with Gasteiger partial charge in [-0.3, -0.25) is 0 Å². The van der Waals surface area contributed by atoms with Crippen molar-refractivity contribution >= 4 is 11.3 Å². The standard InChI is InChI=1S/C23H16F4N10/c1-2-13(16-10-36(35-34-16)17-6-4-3-5-15(17)24)19-14(7-28)18(20-21(29)32-11-33-37(19)20)12-8-30-22(31-9-12)23(25,26)27/h3-6,8-11,13H,2H2,1H3,(H2,29,32,33)/t13-/m1/s1. The third kappa shape index (κ3) is 3.99. The van der Waals surface area contributed by atoms with Gasteiger partial charge in [0.1, 0.15) is 29.4 Å². The number of aromatic nitrogens is 8. The number of nitrogen functional groups attached to an aromatic ring is 1. The third-order valence-electron chi connectivity index (χ3n) is 5.80. The van der Waals surface area contributed by atoms with Crippen molar-refractivity contribution in [2.24, 2.45) is 0 Å². The molecule has 14 heteroatoms. The van der Waals surface area contributed by atoms with Crippen LogP contribution in [0.3, 0.4) is 0 Å². The van der Waals surface area contributed by atoms with Crippen molar-refractivity contribution in [3.05, 3.63) is 77.8 Å². The first-order valence-corrected chi connectivity index (χ1v) is 10.9. The van der Waals surface area contributed by atoms with Crippen LogP contribution in [0.2, 0.25) is 0 Å². The fourth-order valence-corrected chi connectivity index (χ4v) is 4.19. The van der Waals surface area contributed by atoms with Crippen LogP contribution in [0.4, 0.5) is 23.4 Å². The highest BCUT2D eigenvalue weighted by Crippen LogP contribution is 2.40. The first kappa shape index (κ1) is 23.8. The zero-order chi connectivity index (χ0) is 26.3. The Bertz CT molecular complexity index is 1650. The van der Waals surface area contributed by atoms with Gasteiger partial charge in [0.15, 0.2) is 5.82 Å². The first-order valence-electron chi connectivity index (χ1n) is 10.9. The number of para-hydroxylation sites is 1. The number of hydrogen-bond donors (Lipinski definition) is 1. The summed E-state index contributed by atoms with van der Waals surface area (Å²) < 4.78 is 56.0. The molecule has 0 aliphatic carbocycles. The van der Waals surface area contributed by atoms with Crippen LogP contribution in [-0.2, 0) is 6.18 Å². The van der Waals surface area contributed by atoms with E-state index in [1.54, 1.807) is 24.4 Å². The van der Waals surface area contributed by atoms with Gasteiger partial charge in [-0.05, 0) is 18.6 Å². The number of nitriles is 1. The lowest BCUT2D eigenvalue weighted by molar-refractivity contribution is -0.144. The van der Waals surface area contributed by atoms with Gasteiger partial charge in [0.05, 0.1) is 23.1 Å². The lowest BCUT2D eigenvalue weighted by atomic mass is 9.93. The van der Waals surface area contributed by atoms with Crippen LogP contribution >= 0.6 is 0 Å². The van der Waals surface area contributed by atoms with E-state index in [-0.39, 0.29) is 33.7 Å². The van der Waals surface area contributed by atoms with Gasteiger partial charge in [-0.1, -0.05) is 24.3 Å². The molecule has 5 rings (SSSR count). The molecular weight excluding hydrogens is 492 g/mol.